The van der Waals surface area contributed by atoms with Gasteiger partial charge in [-0.1, -0.05) is 15.9 Å². The first-order chi connectivity index (χ1) is 15.7. The molecule has 0 fully saturated rings. The Bertz CT molecular complexity index is 955. The lowest BCUT2D eigenvalue weighted by atomic mass is 10.3. The number of esters is 1. The number of hydrogen-bond acceptors (Lipinski definition) is 7. The number of carbonyl (C=O) groups excluding carboxylic acids is 1. The lowest BCUT2D eigenvalue weighted by Crippen LogP contribution is -3.85. The van der Waals surface area contributed by atoms with Gasteiger partial charge >= 0.3 is 41.6 Å². The number of ether oxygens (including phenoxy) is 3. The van der Waals surface area contributed by atoms with Crippen molar-refractivity contribution in [2.24, 2.45) is 0 Å². The molecule has 0 unspecified atom stereocenters. The highest BCUT2D eigenvalue weighted by Crippen LogP contribution is 2.24. The van der Waals surface area contributed by atoms with Crippen molar-refractivity contribution in [1.29, 1.82) is 0 Å². The molecule has 2 aromatic rings. The largest absolute Gasteiger partial charge is 0.497 e. The fourth-order valence-corrected chi connectivity index (χ4v) is 9.55. The van der Waals surface area contributed by atoms with E-state index in [4.69, 9.17) is 12.0 Å². The van der Waals surface area contributed by atoms with E-state index in [1.54, 1.807) is 48.5 Å². The zero-order valence-electron chi connectivity index (χ0n) is 17.9. The van der Waals surface area contributed by atoms with Crippen molar-refractivity contribution >= 4 is 32.0 Å². The van der Waals surface area contributed by atoms with Crippen LogP contribution in [0, 0.1) is 7.14 Å². The van der Waals surface area contributed by atoms with Crippen LogP contribution in [0.25, 0.3) is 0 Å². The molecule has 0 bridgehead atoms. The van der Waals surface area contributed by atoms with Crippen LogP contribution in [0.5, 0.6) is 11.5 Å². The number of rotatable bonds is 13. The maximum atomic E-state index is 14.6. The van der Waals surface area contributed by atoms with E-state index in [1.807, 2.05) is 0 Å². The van der Waals surface area contributed by atoms with Crippen molar-refractivity contribution in [3.05, 3.63) is 55.7 Å². The summed E-state index contributed by atoms with van der Waals surface area (Å²) >= 11 is -0.208. The lowest BCUT2D eigenvalue weighted by molar-refractivity contribution is -1.03. The predicted octanol–water partition coefficient (Wildman–Crippen LogP) is 1.33. The molecule has 2 rings (SSSR count). The number of hydrogen-bond donors (Lipinski definition) is 0. The third-order valence-electron chi connectivity index (χ3n) is 4.20. The smallest absolute Gasteiger partial charge is 0.469 e. The van der Waals surface area contributed by atoms with Crippen LogP contribution in [0.2, 0.25) is 0 Å². The minimum absolute atomic E-state index is 0.309. The van der Waals surface area contributed by atoms with E-state index in [9.17, 15) is 22.0 Å². The molecular formula is C21H24BrF2IO7S+. The molecule has 1 radical (unpaired) electrons. The number of alkyl halides is 3. The van der Waals surface area contributed by atoms with Gasteiger partial charge in [0.25, 0.3) is 0 Å². The summed E-state index contributed by atoms with van der Waals surface area (Å²) in [6, 6.07) is 12.5. The first kappa shape index (κ1) is 27.7. The van der Waals surface area contributed by atoms with E-state index in [2.05, 4.69) is 20.7 Å². The van der Waals surface area contributed by atoms with Crippen molar-refractivity contribution in [3.63, 3.8) is 0 Å². The van der Waals surface area contributed by atoms with Gasteiger partial charge in [0, 0.05) is 5.33 Å². The van der Waals surface area contributed by atoms with Crippen LogP contribution in [-0.4, -0.2) is 45.8 Å². The summed E-state index contributed by atoms with van der Waals surface area (Å²) in [6.07, 6.45) is 1.75. The first-order valence-electron chi connectivity index (χ1n) is 9.70. The van der Waals surface area contributed by atoms with Crippen molar-refractivity contribution in [1.82, 2.24) is 0 Å². The SMILES string of the molecule is COc1ccc([I+](OS(=O)(=O)C(F)(F)C(=O)OCCCCCBr)c2ccc(OC)cc2)cc1. The van der Waals surface area contributed by atoms with Gasteiger partial charge in [0.1, 0.15) is 11.5 Å². The maximum Gasteiger partial charge on any atom is 0.469 e. The Kier molecular flexibility index (Phi) is 10.8. The average molecular weight is 665 g/mol. The third kappa shape index (κ3) is 7.49. The highest BCUT2D eigenvalue weighted by atomic mass is 127. The zero-order valence-corrected chi connectivity index (χ0v) is 22.5. The Labute approximate surface area is 207 Å². The summed E-state index contributed by atoms with van der Waals surface area (Å²) in [6.45, 7) is -0.309. The van der Waals surface area contributed by atoms with E-state index in [0.29, 0.717) is 31.5 Å². The van der Waals surface area contributed by atoms with Crippen LogP contribution >= 0.6 is 15.9 Å². The molecule has 12 heteroatoms. The summed E-state index contributed by atoms with van der Waals surface area (Å²) in [5.74, 6) is -1.15. The number of halogens is 4. The summed E-state index contributed by atoms with van der Waals surface area (Å²) in [7, 11) is -2.72. The normalized spacial score (nSPS) is 11.9. The number of unbranched alkanes of at least 4 members (excludes halogenated alkanes) is 2. The van der Waals surface area contributed by atoms with Gasteiger partial charge in [-0.2, -0.15) is 17.2 Å². The second kappa shape index (κ2) is 12.8. The Morgan fingerprint density at radius 2 is 1.39 bits per heavy atom. The van der Waals surface area contributed by atoms with E-state index < -0.39 is 41.6 Å². The predicted molar refractivity (Wildman–Crippen MR) is 117 cm³/mol. The molecule has 0 aliphatic carbocycles. The Balaban J connectivity index is 2.29. The van der Waals surface area contributed by atoms with Crippen molar-refractivity contribution in [2.45, 2.75) is 24.5 Å². The molecule has 0 aliphatic heterocycles. The Hall–Kier alpha value is -1.51. The number of methoxy groups -OCH3 is 2. The molecule has 7 nitrogen and oxygen atoms in total. The van der Waals surface area contributed by atoms with Crippen LogP contribution in [0.1, 0.15) is 19.3 Å². The minimum Gasteiger partial charge on any atom is -0.497 e. The van der Waals surface area contributed by atoms with Crippen molar-refractivity contribution in [3.8, 4) is 11.5 Å². The van der Waals surface area contributed by atoms with Gasteiger partial charge in [0.05, 0.1) is 20.8 Å². The van der Waals surface area contributed by atoms with Crippen LogP contribution in [0.4, 0.5) is 8.78 Å². The molecule has 33 heavy (non-hydrogen) atoms. The van der Waals surface area contributed by atoms with Crippen LogP contribution in [-0.2, 0) is 22.2 Å². The number of carbonyl (C=O) groups is 1. The maximum absolute atomic E-state index is 14.6. The Morgan fingerprint density at radius 3 is 1.82 bits per heavy atom. The first-order valence-corrected chi connectivity index (χ1v) is 15.3. The highest BCUT2D eigenvalue weighted by Gasteiger charge is 2.60. The third-order valence-corrected chi connectivity index (χ3v) is 12.1. The summed E-state index contributed by atoms with van der Waals surface area (Å²) < 4.78 is 74.9. The fraction of sp³-hybridized carbons (Fsp3) is 0.381. The highest BCUT2D eigenvalue weighted by molar-refractivity contribution is 9.09. The van der Waals surface area contributed by atoms with E-state index in [0.717, 1.165) is 11.8 Å². The van der Waals surface area contributed by atoms with Gasteiger partial charge in [0.15, 0.2) is 7.14 Å². The molecule has 0 aliphatic rings. The van der Waals surface area contributed by atoms with Gasteiger partial charge < -0.3 is 14.2 Å². The van der Waals surface area contributed by atoms with Gasteiger partial charge in [-0.25, -0.2) is 4.79 Å². The monoisotopic (exact) mass is 664 g/mol. The minimum atomic E-state index is -5.64. The second-order valence-corrected chi connectivity index (χ2v) is 13.8. The molecule has 0 spiro atoms. The average Bonchev–Trinajstić information content (AvgIpc) is 2.82. The van der Waals surface area contributed by atoms with E-state index >= 15 is 0 Å². The van der Waals surface area contributed by atoms with Gasteiger partial charge in [-0.3, -0.25) is 0 Å². The molecule has 0 amide bonds. The van der Waals surface area contributed by atoms with Crippen LogP contribution in [0.15, 0.2) is 48.5 Å². The van der Waals surface area contributed by atoms with Crippen LogP contribution in [0.3, 0.4) is 0 Å². The molecule has 0 saturated heterocycles. The molecule has 2 aromatic carbocycles. The molecule has 0 aromatic heterocycles. The van der Waals surface area contributed by atoms with E-state index in [1.165, 1.54) is 14.2 Å². The summed E-state index contributed by atoms with van der Waals surface area (Å²) in [5.41, 5.74) is 0. The quantitative estimate of drug-likeness (QED) is 0.138. The topological polar surface area (TPSA) is 88.1 Å². The van der Waals surface area contributed by atoms with Crippen LogP contribution < -0.4 is 29.7 Å². The fourth-order valence-electron chi connectivity index (χ4n) is 2.42. The lowest BCUT2D eigenvalue weighted by Gasteiger charge is -2.14. The number of benzene rings is 2. The summed E-state index contributed by atoms with van der Waals surface area (Å²) in [4.78, 5) is 11.9. The molecule has 0 saturated carbocycles. The van der Waals surface area contributed by atoms with Gasteiger partial charge in [-0.05, 0) is 70.3 Å². The Morgan fingerprint density at radius 1 is 0.909 bits per heavy atom. The molecule has 0 atom stereocenters. The van der Waals surface area contributed by atoms with Crippen molar-refractivity contribution in [2.75, 3.05) is 26.2 Å². The molecule has 0 heterocycles. The van der Waals surface area contributed by atoms with E-state index in [-0.39, 0.29) is 6.61 Å². The van der Waals surface area contributed by atoms with Crippen molar-refractivity contribution < 1.29 is 59.0 Å². The standard InChI is InChI=1S/C21H24BrF2IO7S/c1-29-18-10-6-16(7-11-18)25(17-8-12-19(30-2)13-9-17)32-33(27,28)21(23,24)20(26)31-15-5-3-4-14-22/h6-13H,3-5,14-15H2,1-2H3/q+1. The molecule has 0 N–H and O–H groups in total. The summed E-state index contributed by atoms with van der Waals surface area (Å²) in [5, 5.41) is -4.13. The van der Waals surface area contributed by atoms with Gasteiger partial charge in [0.2, 0.25) is 0 Å². The second-order valence-electron chi connectivity index (χ2n) is 6.48. The molecular weight excluding hydrogens is 641 g/mol. The zero-order chi connectivity index (χ0) is 24.5. The van der Waals surface area contributed by atoms with Gasteiger partial charge in [-0.15, -0.1) is 0 Å². The molecule has 183 valence electrons.